The largest absolute Gasteiger partial charge is 0.455 e. The quantitative estimate of drug-likeness (QED) is 0.565. The number of esters is 1. The molecule has 6 nitrogen and oxygen atoms in total. The molecule has 0 radical (unpaired) electrons. The summed E-state index contributed by atoms with van der Waals surface area (Å²) in [6.07, 6.45) is 0.774. The van der Waals surface area contributed by atoms with Crippen LogP contribution >= 0.6 is 27.3 Å². The van der Waals surface area contributed by atoms with Gasteiger partial charge in [0, 0.05) is 10.9 Å². The molecule has 2 N–H and O–H groups in total. The van der Waals surface area contributed by atoms with Gasteiger partial charge in [0.2, 0.25) is 0 Å². The Morgan fingerprint density at radius 3 is 2.62 bits per heavy atom. The number of hydrogen-bond acceptors (Lipinski definition) is 5. The van der Waals surface area contributed by atoms with Crippen LogP contribution in [0.1, 0.15) is 22.3 Å². The van der Waals surface area contributed by atoms with Gasteiger partial charge in [-0.2, -0.15) is 11.3 Å². The molecule has 0 bridgehead atoms. The van der Waals surface area contributed by atoms with Crippen LogP contribution < -0.4 is 10.9 Å². The SMILES string of the molecule is O=C(COC(=O)CCc1ccsc1)NNC(=O)c1ccccc1Br. The third kappa shape index (κ3) is 5.78. The van der Waals surface area contributed by atoms with E-state index in [-0.39, 0.29) is 6.42 Å². The molecule has 1 heterocycles. The maximum Gasteiger partial charge on any atom is 0.306 e. The van der Waals surface area contributed by atoms with E-state index in [9.17, 15) is 14.4 Å². The van der Waals surface area contributed by atoms with Gasteiger partial charge < -0.3 is 4.74 Å². The second kappa shape index (κ2) is 9.19. The molecular weight excluding hydrogens is 396 g/mol. The standard InChI is InChI=1S/C16H15BrN2O4S/c17-13-4-2-1-3-12(13)16(22)19-18-14(20)9-23-15(21)6-5-11-7-8-24-10-11/h1-4,7-8,10H,5-6,9H2,(H,18,20)(H,19,22). The molecular formula is C16H15BrN2O4S. The van der Waals surface area contributed by atoms with Crippen molar-refractivity contribution in [3.8, 4) is 0 Å². The highest BCUT2D eigenvalue weighted by Gasteiger charge is 2.12. The third-order valence-electron chi connectivity index (χ3n) is 3.00. The number of nitrogens with one attached hydrogen (secondary N) is 2. The lowest BCUT2D eigenvalue weighted by atomic mass is 10.2. The van der Waals surface area contributed by atoms with E-state index in [1.54, 1.807) is 35.6 Å². The van der Waals surface area contributed by atoms with Crippen LogP contribution in [0.2, 0.25) is 0 Å². The first-order valence-electron chi connectivity index (χ1n) is 7.06. The Bertz CT molecular complexity index is 719. The van der Waals surface area contributed by atoms with Crippen LogP contribution in [0.5, 0.6) is 0 Å². The van der Waals surface area contributed by atoms with Crippen molar-refractivity contribution < 1.29 is 19.1 Å². The Hall–Kier alpha value is -2.19. The molecule has 0 aliphatic rings. The highest BCUT2D eigenvalue weighted by molar-refractivity contribution is 9.10. The third-order valence-corrected chi connectivity index (χ3v) is 4.42. The predicted molar refractivity (Wildman–Crippen MR) is 93.3 cm³/mol. The van der Waals surface area contributed by atoms with Crippen molar-refractivity contribution in [1.29, 1.82) is 0 Å². The van der Waals surface area contributed by atoms with Gasteiger partial charge in [0.15, 0.2) is 6.61 Å². The number of halogens is 1. The van der Waals surface area contributed by atoms with Crippen LogP contribution in [0.25, 0.3) is 0 Å². The molecule has 0 fully saturated rings. The molecule has 1 aromatic carbocycles. The van der Waals surface area contributed by atoms with E-state index < -0.39 is 24.4 Å². The number of aryl methyl sites for hydroxylation is 1. The molecule has 0 atom stereocenters. The van der Waals surface area contributed by atoms with Gasteiger partial charge in [-0.25, -0.2) is 0 Å². The summed E-state index contributed by atoms with van der Waals surface area (Å²) in [5.41, 5.74) is 5.90. The fourth-order valence-electron chi connectivity index (χ4n) is 1.77. The highest BCUT2D eigenvalue weighted by atomic mass is 79.9. The maximum absolute atomic E-state index is 11.9. The Balaban J connectivity index is 1.67. The zero-order valence-electron chi connectivity index (χ0n) is 12.6. The molecule has 2 amide bonds. The molecule has 24 heavy (non-hydrogen) atoms. The first-order valence-corrected chi connectivity index (χ1v) is 8.80. The van der Waals surface area contributed by atoms with Gasteiger partial charge in [-0.3, -0.25) is 25.2 Å². The number of thiophene rings is 1. The van der Waals surface area contributed by atoms with Crippen LogP contribution in [-0.2, 0) is 20.7 Å². The highest BCUT2D eigenvalue weighted by Crippen LogP contribution is 2.15. The van der Waals surface area contributed by atoms with Crippen LogP contribution in [0.15, 0.2) is 45.6 Å². The zero-order chi connectivity index (χ0) is 17.4. The van der Waals surface area contributed by atoms with Crippen molar-refractivity contribution in [2.45, 2.75) is 12.8 Å². The Morgan fingerprint density at radius 2 is 1.92 bits per heavy atom. The fourth-order valence-corrected chi connectivity index (χ4v) is 2.94. The topological polar surface area (TPSA) is 84.5 Å². The summed E-state index contributed by atoms with van der Waals surface area (Å²) in [5.74, 6) is -1.55. The fraction of sp³-hybridized carbons (Fsp3) is 0.188. The summed E-state index contributed by atoms with van der Waals surface area (Å²) in [6, 6.07) is 8.73. The molecule has 2 aromatic rings. The monoisotopic (exact) mass is 410 g/mol. The van der Waals surface area contributed by atoms with Crippen molar-refractivity contribution in [2.75, 3.05) is 6.61 Å². The number of rotatable bonds is 6. The van der Waals surface area contributed by atoms with Crippen LogP contribution in [-0.4, -0.2) is 24.4 Å². The van der Waals surface area contributed by atoms with Gasteiger partial charge in [0.25, 0.3) is 11.8 Å². The summed E-state index contributed by atoms with van der Waals surface area (Å²) in [5, 5.41) is 3.89. The van der Waals surface area contributed by atoms with Crippen molar-refractivity contribution >= 4 is 45.1 Å². The second-order valence-corrected chi connectivity index (χ2v) is 6.41. The minimum absolute atomic E-state index is 0.202. The zero-order valence-corrected chi connectivity index (χ0v) is 15.0. The Morgan fingerprint density at radius 1 is 1.12 bits per heavy atom. The molecule has 8 heteroatoms. The second-order valence-electron chi connectivity index (χ2n) is 4.77. The average Bonchev–Trinajstić information content (AvgIpc) is 3.10. The predicted octanol–water partition coefficient (Wildman–Crippen LogP) is 2.45. The van der Waals surface area contributed by atoms with E-state index in [0.717, 1.165) is 5.56 Å². The normalized spacial score (nSPS) is 10.0. The van der Waals surface area contributed by atoms with Crippen LogP contribution in [0, 0.1) is 0 Å². The lowest BCUT2D eigenvalue weighted by molar-refractivity contribution is -0.148. The van der Waals surface area contributed by atoms with Crippen LogP contribution in [0.3, 0.4) is 0 Å². The van der Waals surface area contributed by atoms with Crippen LogP contribution in [0.4, 0.5) is 0 Å². The van der Waals surface area contributed by atoms with Crippen molar-refractivity contribution in [2.24, 2.45) is 0 Å². The summed E-state index contributed by atoms with van der Waals surface area (Å²) in [7, 11) is 0. The number of carbonyl (C=O) groups is 3. The molecule has 0 aliphatic carbocycles. The van der Waals surface area contributed by atoms with Gasteiger partial charge >= 0.3 is 5.97 Å². The van der Waals surface area contributed by atoms with Crippen molar-refractivity contribution in [3.63, 3.8) is 0 Å². The molecule has 0 unspecified atom stereocenters. The Labute approximate surface area is 151 Å². The van der Waals surface area contributed by atoms with Gasteiger partial charge in [0.05, 0.1) is 5.56 Å². The first kappa shape index (κ1) is 18.2. The number of hydrogen-bond donors (Lipinski definition) is 2. The summed E-state index contributed by atoms with van der Waals surface area (Å²) in [6.45, 7) is -0.446. The number of benzene rings is 1. The van der Waals surface area contributed by atoms with Crippen molar-refractivity contribution in [1.82, 2.24) is 10.9 Å². The Kier molecular flexibility index (Phi) is 6.95. The summed E-state index contributed by atoms with van der Waals surface area (Å²) >= 11 is 4.80. The minimum Gasteiger partial charge on any atom is -0.455 e. The first-order chi connectivity index (χ1) is 11.6. The van der Waals surface area contributed by atoms with Gasteiger partial charge in [-0.15, -0.1) is 0 Å². The van der Waals surface area contributed by atoms with Gasteiger partial charge in [0.1, 0.15) is 0 Å². The maximum atomic E-state index is 11.9. The van der Waals surface area contributed by atoms with E-state index in [1.807, 2.05) is 16.8 Å². The molecule has 126 valence electrons. The van der Waals surface area contributed by atoms with Crippen molar-refractivity contribution in [3.05, 3.63) is 56.7 Å². The summed E-state index contributed by atoms with van der Waals surface area (Å²) in [4.78, 5) is 35.0. The summed E-state index contributed by atoms with van der Waals surface area (Å²) < 4.78 is 5.46. The lowest BCUT2D eigenvalue weighted by Gasteiger charge is -2.09. The number of amides is 2. The van der Waals surface area contributed by atoms with Gasteiger partial charge in [-0.1, -0.05) is 12.1 Å². The van der Waals surface area contributed by atoms with E-state index in [0.29, 0.717) is 16.5 Å². The number of carbonyl (C=O) groups excluding carboxylic acids is 3. The molecule has 0 spiro atoms. The molecule has 0 saturated carbocycles. The number of ether oxygens (including phenoxy) is 1. The van der Waals surface area contributed by atoms with Gasteiger partial charge in [-0.05, 0) is 56.9 Å². The molecule has 2 rings (SSSR count). The lowest BCUT2D eigenvalue weighted by Crippen LogP contribution is -2.43. The van der Waals surface area contributed by atoms with E-state index in [1.165, 1.54) is 0 Å². The average molecular weight is 411 g/mol. The minimum atomic E-state index is -0.612. The smallest absolute Gasteiger partial charge is 0.306 e. The molecule has 1 aromatic heterocycles. The molecule has 0 aliphatic heterocycles. The van der Waals surface area contributed by atoms with E-state index in [4.69, 9.17) is 4.74 Å². The van der Waals surface area contributed by atoms with E-state index in [2.05, 4.69) is 26.8 Å². The number of hydrazine groups is 1. The van der Waals surface area contributed by atoms with E-state index >= 15 is 0 Å². The molecule has 0 saturated heterocycles.